The van der Waals surface area contributed by atoms with E-state index < -0.39 is 5.97 Å². The average Bonchev–Trinajstić information content (AvgIpc) is 2.38. The number of carboxylic acid groups (broad SMARTS) is 1. The normalized spacial score (nSPS) is 24.2. The van der Waals surface area contributed by atoms with Crippen molar-refractivity contribution in [3.63, 3.8) is 0 Å². The highest BCUT2D eigenvalue weighted by atomic mass is 16.5. The van der Waals surface area contributed by atoms with Crippen molar-refractivity contribution in [1.82, 2.24) is 10.2 Å². The molecule has 0 aliphatic carbocycles. The van der Waals surface area contributed by atoms with E-state index in [0.717, 1.165) is 0 Å². The second-order valence-corrected chi connectivity index (χ2v) is 5.28. The van der Waals surface area contributed by atoms with Gasteiger partial charge in [0.1, 0.15) is 0 Å². The Hall–Kier alpha value is -1.34. The lowest BCUT2D eigenvalue weighted by molar-refractivity contribution is -0.137. The first-order chi connectivity index (χ1) is 9.43. The number of morpholine rings is 1. The van der Waals surface area contributed by atoms with Crippen LogP contribution in [-0.2, 0) is 9.53 Å². The van der Waals surface area contributed by atoms with Crippen LogP contribution in [0, 0.1) is 0 Å². The van der Waals surface area contributed by atoms with Gasteiger partial charge in [-0.2, -0.15) is 0 Å². The van der Waals surface area contributed by atoms with Crippen LogP contribution < -0.4 is 5.32 Å². The van der Waals surface area contributed by atoms with Crippen LogP contribution in [0.25, 0.3) is 0 Å². The number of ether oxygens (including phenoxy) is 1. The predicted molar refractivity (Wildman–Crippen MR) is 72.5 cm³/mol. The van der Waals surface area contributed by atoms with Gasteiger partial charge in [-0.1, -0.05) is 0 Å². The molecule has 1 rings (SSSR count). The molecule has 3 N–H and O–H groups in total. The smallest absolute Gasteiger partial charge is 0.318 e. The molecular formula is C13H24N2O5. The molecule has 0 aromatic carbocycles. The number of nitrogens with one attached hydrogen (secondary N) is 1. The molecule has 3 unspecified atom stereocenters. The second kappa shape index (κ2) is 8.06. The monoisotopic (exact) mass is 288 g/mol. The Labute approximate surface area is 118 Å². The molecule has 7 heteroatoms. The van der Waals surface area contributed by atoms with E-state index in [1.165, 1.54) is 0 Å². The average molecular weight is 288 g/mol. The molecule has 1 saturated heterocycles. The van der Waals surface area contributed by atoms with Gasteiger partial charge >= 0.3 is 12.0 Å². The number of aliphatic carboxylic acids is 1. The Morgan fingerprint density at radius 3 is 2.80 bits per heavy atom. The molecule has 1 heterocycles. The SMILES string of the molecule is CC(CCCC(=O)O)NC(=O)N1CC(CO)OCC1C. The van der Waals surface area contributed by atoms with Crippen LogP contribution in [0.1, 0.15) is 33.1 Å². The van der Waals surface area contributed by atoms with Gasteiger partial charge in [-0.3, -0.25) is 4.79 Å². The first-order valence-corrected chi connectivity index (χ1v) is 6.95. The van der Waals surface area contributed by atoms with Gasteiger partial charge in [0.15, 0.2) is 0 Å². The Kier molecular flexibility index (Phi) is 6.74. The van der Waals surface area contributed by atoms with Crippen LogP contribution in [0.3, 0.4) is 0 Å². The highest BCUT2D eigenvalue weighted by Gasteiger charge is 2.29. The minimum absolute atomic E-state index is 0.0379. The first-order valence-electron chi connectivity index (χ1n) is 6.95. The van der Waals surface area contributed by atoms with Crippen molar-refractivity contribution in [1.29, 1.82) is 0 Å². The molecule has 1 aliphatic rings. The summed E-state index contributed by atoms with van der Waals surface area (Å²) in [5, 5.41) is 20.5. The Morgan fingerprint density at radius 2 is 2.20 bits per heavy atom. The highest BCUT2D eigenvalue weighted by molar-refractivity contribution is 5.75. The van der Waals surface area contributed by atoms with E-state index >= 15 is 0 Å². The number of aliphatic hydroxyl groups is 1. The molecule has 116 valence electrons. The second-order valence-electron chi connectivity index (χ2n) is 5.28. The quantitative estimate of drug-likeness (QED) is 0.658. The number of aliphatic hydroxyl groups excluding tert-OH is 1. The zero-order valence-electron chi connectivity index (χ0n) is 12.0. The Morgan fingerprint density at radius 1 is 1.50 bits per heavy atom. The third-order valence-corrected chi connectivity index (χ3v) is 3.37. The number of nitrogens with zero attached hydrogens (tertiary/aromatic N) is 1. The Balaban J connectivity index is 2.38. The molecule has 1 aliphatic heterocycles. The van der Waals surface area contributed by atoms with E-state index in [1.54, 1.807) is 4.90 Å². The molecule has 0 saturated carbocycles. The largest absolute Gasteiger partial charge is 0.481 e. The number of amides is 2. The van der Waals surface area contributed by atoms with E-state index in [4.69, 9.17) is 14.9 Å². The summed E-state index contributed by atoms with van der Waals surface area (Å²) in [5.41, 5.74) is 0. The highest BCUT2D eigenvalue weighted by Crippen LogP contribution is 2.12. The zero-order chi connectivity index (χ0) is 15.1. The van der Waals surface area contributed by atoms with E-state index in [-0.39, 0.29) is 37.2 Å². The van der Waals surface area contributed by atoms with Crippen molar-refractivity contribution >= 4 is 12.0 Å². The van der Waals surface area contributed by atoms with Gasteiger partial charge < -0.3 is 25.2 Å². The van der Waals surface area contributed by atoms with Crippen LogP contribution >= 0.6 is 0 Å². The maximum atomic E-state index is 12.1. The molecule has 0 aromatic heterocycles. The predicted octanol–water partition coefficient (Wildman–Crippen LogP) is 0.421. The summed E-state index contributed by atoms with van der Waals surface area (Å²) in [6, 6.07) is -0.310. The van der Waals surface area contributed by atoms with E-state index in [2.05, 4.69) is 5.32 Å². The molecule has 7 nitrogen and oxygen atoms in total. The molecule has 20 heavy (non-hydrogen) atoms. The molecule has 0 aromatic rings. The van der Waals surface area contributed by atoms with Crippen molar-refractivity contribution < 1.29 is 24.5 Å². The van der Waals surface area contributed by atoms with Crippen LogP contribution in [0.5, 0.6) is 0 Å². The molecule has 1 fully saturated rings. The van der Waals surface area contributed by atoms with Crippen LogP contribution in [0.4, 0.5) is 4.79 Å². The minimum Gasteiger partial charge on any atom is -0.481 e. The van der Waals surface area contributed by atoms with Crippen molar-refractivity contribution in [2.24, 2.45) is 0 Å². The summed E-state index contributed by atoms with van der Waals surface area (Å²) in [5.74, 6) is -0.823. The number of hydrogen-bond acceptors (Lipinski definition) is 4. The number of hydrogen-bond donors (Lipinski definition) is 3. The molecule has 0 radical (unpaired) electrons. The van der Waals surface area contributed by atoms with E-state index in [9.17, 15) is 9.59 Å². The number of carbonyl (C=O) groups is 2. The summed E-state index contributed by atoms with van der Waals surface area (Å²) in [6.45, 7) is 4.42. The number of rotatable bonds is 6. The lowest BCUT2D eigenvalue weighted by Crippen LogP contribution is -2.56. The minimum atomic E-state index is -0.823. The van der Waals surface area contributed by atoms with Gasteiger partial charge in [0.25, 0.3) is 0 Å². The summed E-state index contributed by atoms with van der Waals surface area (Å²) in [4.78, 5) is 24.2. The van der Waals surface area contributed by atoms with E-state index in [1.807, 2.05) is 13.8 Å². The Bertz CT molecular complexity index is 337. The van der Waals surface area contributed by atoms with Crippen LogP contribution in [0.2, 0.25) is 0 Å². The fourth-order valence-electron chi connectivity index (χ4n) is 2.14. The summed E-state index contributed by atoms with van der Waals surface area (Å²) < 4.78 is 5.38. The van der Waals surface area contributed by atoms with E-state index in [0.29, 0.717) is 26.0 Å². The lowest BCUT2D eigenvalue weighted by Gasteiger charge is -2.37. The standard InChI is InChI=1S/C13H24N2O5/c1-9(4-3-5-12(17)18)14-13(19)15-6-11(7-16)20-8-10(15)2/h9-11,16H,3-8H2,1-2H3,(H,14,19)(H,17,18). The molecule has 3 atom stereocenters. The molecule has 2 amide bonds. The summed E-state index contributed by atoms with van der Waals surface area (Å²) in [6.07, 6.45) is 0.939. The van der Waals surface area contributed by atoms with Gasteiger partial charge in [0.05, 0.1) is 31.9 Å². The fourth-order valence-corrected chi connectivity index (χ4v) is 2.14. The number of urea groups is 1. The number of carbonyl (C=O) groups excluding carboxylic acids is 1. The van der Waals surface area contributed by atoms with Gasteiger partial charge in [0.2, 0.25) is 0 Å². The van der Waals surface area contributed by atoms with Crippen molar-refractivity contribution in [3.05, 3.63) is 0 Å². The fraction of sp³-hybridized carbons (Fsp3) is 0.846. The van der Waals surface area contributed by atoms with Gasteiger partial charge in [-0.25, -0.2) is 4.79 Å². The van der Waals surface area contributed by atoms with Gasteiger partial charge in [0, 0.05) is 12.5 Å². The summed E-state index contributed by atoms with van der Waals surface area (Å²) >= 11 is 0. The lowest BCUT2D eigenvalue weighted by atomic mass is 10.1. The van der Waals surface area contributed by atoms with Crippen molar-refractivity contribution in [3.8, 4) is 0 Å². The topological polar surface area (TPSA) is 99.1 Å². The molecular weight excluding hydrogens is 264 g/mol. The zero-order valence-corrected chi connectivity index (χ0v) is 12.0. The maximum Gasteiger partial charge on any atom is 0.318 e. The third kappa shape index (κ3) is 5.34. The summed E-state index contributed by atoms with van der Waals surface area (Å²) in [7, 11) is 0. The number of carboxylic acids is 1. The van der Waals surface area contributed by atoms with Crippen LogP contribution in [-0.4, -0.2) is 65.1 Å². The molecule has 0 spiro atoms. The van der Waals surface area contributed by atoms with Gasteiger partial charge in [-0.15, -0.1) is 0 Å². The van der Waals surface area contributed by atoms with Crippen molar-refractivity contribution in [2.45, 2.75) is 51.3 Å². The third-order valence-electron chi connectivity index (χ3n) is 3.37. The molecule has 0 bridgehead atoms. The van der Waals surface area contributed by atoms with Crippen LogP contribution in [0.15, 0.2) is 0 Å². The van der Waals surface area contributed by atoms with Gasteiger partial charge in [-0.05, 0) is 26.7 Å². The first kappa shape index (κ1) is 16.7. The maximum absolute atomic E-state index is 12.1. The van der Waals surface area contributed by atoms with Crippen molar-refractivity contribution in [2.75, 3.05) is 19.8 Å².